The van der Waals surface area contributed by atoms with Gasteiger partial charge in [-0.15, -0.1) is 23.5 Å². The number of hydrogen-bond acceptors (Lipinski definition) is 11. The Balaban J connectivity index is 3.26. The van der Waals surface area contributed by atoms with Crippen molar-refractivity contribution in [1.82, 2.24) is 25.3 Å². The second-order valence-electron chi connectivity index (χ2n) is 11.5. The molecule has 0 saturated carbocycles. The van der Waals surface area contributed by atoms with Gasteiger partial charge in [0, 0.05) is 109 Å². The van der Waals surface area contributed by atoms with Crippen LogP contribution in [0.1, 0.15) is 91.9 Å². The summed E-state index contributed by atoms with van der Waals surface area (Å²) in [6.07, 6.45) is -0.168. The first-order chi connectivity index (χ1) is 23.3. The number of ketones is 4. The molecule has 0 spiro atoms. The molecule has 1 rings (SSSR count). The van der Waals surface area contributed by atoms with Gasteiger partial charge in [-0.2, -0.15) is 0 Å². The molecule has 0 unspecified atom stereocenters. The number of carbonyl (C=O) groups is 9. The lowest BCUT2D eigenvalue weighted by Crippen LogP contribution is -2.59. The van der Waals surface area contributed by atoms with Gasteiger partial charge in [-0.3, -0.25) is 43.2 Å². The zero-order chi connectivity index (χ0) is 36.8. The summed E-state index contributed by atoms with van der Waals surface area (Å²) in [7, 11) is 0. The summed E-state index contributed by atoms with van der Waals surface area (Å²) >= 11 is 2.60. The summed E-state index contributed by atoms with van der Waals surface area (Å²) in [6.45, 7) is 6.97. The summed E-state index contributed by atoms with van der Waals surface area (Å²) < 4.78 is 0. The second kappa shape index (κ2) is 24.8. The van der Waals surface area contributed by atoms with Crippen molar-refractivity contribution in [2.75, 3.05) is 55.9 Å². The van der Waals surface area contributed by atoms with Crippen LogP contribution in [0.3, 0.4) is 0 Å². The van der Waals surface area contributed by atoms with Crippen LogP contribution < -0.4 is 10.6 Å². The predicted molar refractivity (Wildman–Crippen MR) is 188 cm³/mol. The van der Waals surface area contributed by atoms with Crippen molar-refractivity contribution in [3.05, 3.63) is 0 Å². The van der Waals surface area contributed by atoms with Gasteiger partial charge >= 0.3 is 0 Å². The Labute approximate surface area is 297 Å². The molecule has 0 aromatic carbocycles. The lowest BCUT2D eigenvalue weighted by molar-refractivity contribution is -0.141. The molecule has 0 bridgehead atoms. The van der Waals surface area contributed by atoms with E-state index in [4.69, 9.17) is 0 Å². The van der Waals surface area contributed by atoms with Crippen LogP contribution >= 0.6 is 23.5 Å². The lowest BCUT2D eigenvalue weighted by atomic mass is 10.1. The molecule has 1 heterocycles. The molecule has 1 aliphatic rings. The Morgan fingerprint density at radius 1 is 0.531 bits per heavy atom. The number of Topliss-reactive ketones (excluding diaryl/α,β-unsaturated/α-hetero) is 4. The van der Waals surface area contributed by atoms with Crippen molar-refractivity contribution < 1.29 is 43.2 Å². The molecule has 1 saturated heterocycles. The molecule has 5 amide bonds. The molecular weight excluding hydrogens is 675 g/mol. The predicted octanol–water partition coefficient (Wildman–Crippen LogP) is 1.73. The molecule has 16 heteroatoms. The number of hydrogen-bond donors (Lipinski definition) is 2. The van der Waals surface area contributed by atoms with Crippen LogP contribution in [0.4, 0.5) is 0 Å². The van der Waals surface area contributed by atoms with Gasteiger partial charge in [0.2, 0.25) is 23.6 Å². The summed E-state index contributed by atoms with van der Waals surface area (Å²) in [5.74, 6) is -2.51. The van der Waals surface area contributed by atoms with Crippen molar-refractivity contribution >= 4 is 76.2 Å². The minimum atomic E-state index is -1.44. The average molecular weight is 728 g/mol. The number of amides is 5. The first kappa shape index (κ1) is 43.8. The van der Waals surface area contributed by atoms with Crippen LogP contribution in [0.15, 0.2) is 0 Å². The summed E-state index contributed by atoms with van der Waals surface area (Å²) in [5.41, 5.74) is 0. The number of nitrogens with one attached hydrogen (secondary N) is 2. The minimum Gasteiger partial charge on any atom is -0.342 e. The molecule has 0 radical (unpaired) electrons. The smallest absolute Gasteiger partial charge is 0.265 e. The van der Waals surface area contributed by atoms with Crippen molar-refractivity contribution in [2.45, 2.75) is 98.1 Å². The molecule has 0 aliphatic carbocycles. The number of nitrogens with zero attached hydrogens (tertiary/aromatic N) is 3. The molecule has 0 aromatic rings. The fourth-order valence-electron chi connectivity index (χ4n) is 4.65. The Kier molecular flexibility index (Phi) is 22.1. The van der Waals surface area contributed by atoms with Gasteiger partial charge in [0.05, 0.1) is 11.5 Å². The SMILES string of the molecule is CCC(=O)CCN(CCC(=O)CC)C(=O)CCN(CCC(=O)N(CCC(=O)CC)CCC(=O)CC)C(=O)C1NC(=O)CSCSCC(=O)N1. The van der Waals surface area contributed by atoms with Crippen LogP contribution in [0.5, 0.6) is 0 Å². The number of carbonyl (C=O) groups excluding carboxylic acids is 9. The number of rotatable bonds is 23. The highest BCUT2D eigenvalue weighted by atomic mass is 32.2. The zero-order valence-corrected chi connectivity index (χ0v) is 31.0. The first-order valence-electron chi connectivity index (χ1n) is 17.0. The Hall–Kier alpha value is -3.27. The van der Waals surface area contributed by atoms with E-state index >= 15 is 0 Å². The second-order valence-corrected chi connectivity index (χ2v) is 13.9. The Morgan fingerprint density at radius 3 is 1.14 bits per heavy atom. The van der Waals surface area contributed by atoms with Crippen LogP contribution in [-0.2, 0) is 43.2 Å². The van der Waals surface area contributed by atoms with Gasteiger partial charge in [-0.1, -0.05) is 27.7 Å². The van der Waals surface area contributed by atoms with E-state index in [1.165, 1.54) is 38.2 Å². The van der Waals surface area contributed by atoms with Crippen molar-refractivity contribution in [3.8, 4) is 0 Å². The van der Waals surface area contributed by atoms with Crippen LogP contribution in [0.2, 0.25) is 0 Å². The molecule has 2 N–H and O–H groups in total. The maximum absolute atomic E-state index is 13.9. The Morgan fingerprint density at radius 2 is 0.837 bits per heavy atom. The highest BCUT2D eigenvalue weighted by Gasteiger charge is 2.30. The van der Waals surface area contributed by atoms with E-state index in [0.29, 0.717) is 30.8 Å². The van der Waals surface area contributed by atoms with Crippen LogP contribution in [0, 0.1) is 0 Å². The standard InChI is InChI=1S/C33H53N5O9S2/c1-5-24(39)9-15-36(16-10-25(40)6-2)30(45)13-19-38(33(47)32-34-28(43)21-48-23-49-22-29(44)35-32)20-14-31(46)37(17-11-26(41)7-3)18-12-27(42)8-4/h32H,5-23H2,1-4H3,(H,34,43)(H,35,44). The van der Waals surface area contributed by atoms with Crippen molar-refractivity contribution in [3.63, 3.8) is 0 Å². The van der Waals surface area contributed by atoms with E-state index < -0.39 is 35.7 Å². The number of thioether (sulfide) groups is 2. The van der Waals surface area contributed by atoms with Gasteiger partial charge in [0.1, 0.15) is 23.1 Å². The third-order valence-corrected chi connectivity index (χ3v) is 10.2. The fourth-order valence-corrected chi connectivity index (χ4v) is 6.33. The fraction of sp³-hybridized carbons (Fsp3) is 0.727. The molecule has 1 fully saturated rings. The highest BCUT2D eigenvalue weighted by Crippen LogP contribution is 2.13. The normalized spacial score (nSPS) is 13.9. The topological polar surface area (TPSA) is 187 Å². The van der Waals surface area contributed by atoms with Gasteiger partial charge in [0.15, 0.2) is 6.17 Å². The maximum atomic E-state index is 13.9. The molecule has 276 valence electrons. The van der Waals surface area contributed by atoms with E-state index in [-0.39, 0.29) is 112 Å². The summed E-state index contributed by atoms with van der Waals surface area (Å²) in [6, 6.07) is 0. The largest absolute Gasteiger partial charge is 0.342 e. The van der Waals surface area contributed by atoms with E-state index in [0.717, 1.165) is 0 Å². The molecule has 1 aliphatic heterocycles. The lowest BCUT2D eigenvalue weighted by Gasteiger charge is -2.30. The third-order valence-electron chi connectivity index (χ3n) is 7.92. The van der Waals surface area contributed by atoms with Crippen LogP contribution in [-0.4, -0.2) is 129 Å². The first-order valence-corrected chi connectivity index (χ1v) is 19.3. The van der Waals surface area contributed by atoms with E-state index in [1.807, 2.05) is 0 Å². The highest BCUT2D eigenvalue weighted by molar-refractivity contribution is 8.16. The van der Waals surface area contributed by atoms with Crippen LogP contribution in [0.25, 0.3) is 0 Å². The molecule has 0 aromatic heterocycles. The minimum absolute atomic E-state index is 0.0421. The third kappa shape index (κ3) is 18.3. The van der Waals surface area contributed by atoms with Gasteiger partial charge in [0.25, 0.3) is 5.91 Å². The average Bonchev–Trinajstić information content (AvgIpc) is 3.09. The molecule has 14 nitrogen and oxygen atoms in total. The summed E-state index contributed by atoms with van der Waals surface area (Å²) in [4.78, 5) is 118. The van der Waals surface area contributed by atoms with E-state index in [2.05, 4.69) is 10.6 Å². The Bertz CT molecular complexity index is 1060. The molecule has 0 atom stereocenters. The van der Waals surface area contributed by atoms with Crippen molar-refractivity contribution in [1.29, 1.82) is 0 Å². The monoisotopic (exact) mass is 727 g/mol. The van der Waals surface area contributed by atoms with Gasteiger partial charge in [-0.05, 0) is 0 Å². The van der Waals surface area contributed by atoms with E-state index in [1.54, 1.807) is 27.7 Å². The maximum Gasteiger partial charge on any atom is 0.265 e. The zero-order valence-electron chi connectivity index (χ0n) is 29.3. The molecule has 49 heavy (non-hydrogen) atoms. The van der Waals surface area contributed by atoms with Gasteiger partial charge < -0.3 is 25.3 Å². The van der Waals surface area contributed by atoms with Gasteiger partial charge in [-0.25, -0.2) is 0 Å². The van der Waals surface area contributed by atoms with Crippen molar-refractivity contribution in [2.24, 2.45) is 0 Å². The van der Waals surface area contributed by atoms with E-state index in [9.17, 15) is 43.2 Å². The molecular formula is C33H53N5O9S2. The quantitative estimate of drug-likeness (QED) is 0.156. The summed E-state index contributed by atoms with van der Waals surface area (Å²) in [5, 5.41) is 5.60.